The highest BCUT2D eigenvalue weighted by Gasteiger charge is 2.22. The highest BCUT2D eigenvalue weighted by atomic mass is 16.1. The van der Waals surface area contributed by atoms with E-state index in [0.29, 0.717) is 6.54 Å². The van der Waals surface area contributed by atoms with Crippen molar-refractivity contribution in [1.82, 2.24) is 5.32 Å². The summed E-state index contributed by atoms with van der Waals surface area (Å²) in [5, 5.41) is 2.81. The lowest BCUT2D eigenvalue weighted by Crippen LogP contribution is -2.17. The summed E-state index contributed by atoms with van der Waals surface area (Å²) in [4.78, 5) is 13.4. The molecule has 0 bridgehead atoms. The van der Waals surface area contributed by atoms with Crippen molar-refractivity contribution < 1.29 is 4.79 Å². The Kier molecular flexibility index (Phi) is 1.72. The van der Waals surface area contributed by atoms with E-state index in [1.165, 1.54) is 0 Å². The van der Waals surface area contributed by atoms with Crippen LogP contribution in [0.4, 0.5) is 5.69 Å². The van der Waals surface area contributed by atoms with Crippen LogP contribution in [0.1, 0.15) is 15.9 Å². The number of carbonyl (C=O) groups is 1. The molecule has 1 N–H and O–H groups in total. The maximum absolute atomic E-state index is 11.5. The largest absolute Gasteiger partial charge is 0.377 e. The standard InChI is InChI=1S/C10H12N2O/c1-12(2)8-5-3-4-7-6-11-10(13)9(7)8/h3-5H,6H2,1-2H3,(H,11,13). The third-order valence-corrected chi connectivity index (χ3v) is 2.28. The lowest BCUT2D eigenvalue weighted by Gasteiger charge is -2.15. The van der Waals surface area contributed by atoms with Gasteiger partial charge in [0.25, 0.3) is 5.91 Å². The normalized spacial score (nSPS) is 13.8. The number of fused-ring (bicyclic) bond motifs is 1. The molecular weight excluding hydrogens is 164 g/mol. The Morgan fingerprint density at radius 3 is 2.85 bits per heavy atom. The summed E-state index contributed by atoms with van der Waals surface area (Å²) in [6, 6.07) is 5.93. The van der Waals surface area contributed by atoms with Gasteiger partial charge in [-0.1, -0.05) is 12.1 Å². The summed E-state index contributed by atoms with van der Waals surface area (Å²) in [7, 11) is 3.89. The van der Waals surface area contributed by atoms with E-state index in [-0.39, 0.29) is 5.91 Å². The molecule has 0 atom stereocenters. The first-order valence-electron chi connectivity index (χ1n) is 4.27. The maximum atomic E-state index is 11.5. The van der Waals surface area contributed by atoms with Gasteiger partial charge in [-0.2, -0.15) is 0 Å². The van der Waals surface area contributed by atoms with E-state index in [0.717, 1.165) is 16.8 Å². The molecule has 3 heteroatoms. The first-order valence-corrected chi connectivity index (χ1v) is 4.27. The number of benzene rings is 1. The highest BCUT2D eigenvalue weighted by Crippen LogP contribution is 2.25. The van der Waals surface area contributed by atoms with Gasteiger partial charge in [0, 0.05) is 26.3 Å². The second-order valence-electron chi connectivity index (χ2n) is 3.39. The van der Waals surface area contributed by atoms with Crippen LogP contribution in [0, 0.1) is 0 Å². The molecule has 0 unspecified atom stereocenters. The topological polar surface area (TPSA) is 32.3 Å². The second kappa shape index (κ2) is 2.76. The van der Waals surface area contributed by atoms with Crippen LogP contribution in [-0.2, 0) is 6.54 Å². The maximum Gasteiger partial charge on any atom is 0.254 e. The molecule has 1 aromatic rings. The van der Waals surface area contributed by atoms with Crippen molar-refractivity contribution in [3.63, 3.8) is 0 Å². The summed E-state index contributed by atoms with van der Waals surface area (Å²) in [6.45, 7) is 0.663. The fourth-order valence-corrected chi connectivity index (χ4v) is 1.63. The van der Waals surface area contributed by atoms with Crippen molar-refractivity contribution in [2.75, 3.05) is 19.0 Å². The van der Waals surface area contributed by atoms with Crippen molar-refractivity contribution in [2.45, 2.75) is 6.54 Å². The van der Waals surface area contributed by atoms with Gasteiger partial charge in [0.2, 0.25) is 0 Å². The van der Waals surface area contributed by atoms with Gasteiger partial charge in [-0.25, -0.2) is 0 Å². The van der Waals surface area contributed by atoms with Crippen LogP contribution >= 0.6 is 0 Å². The molecule has 68 valence electrons. The molecule has 1 aliphatic heterocycles. The molecular formula is C10H12N2O. The Balaban J connectivity index is 2.60. The monoisotopic (exact) mass is 176 g/mol. The Morgan fingerprint density at radius 2 is 2.15 bits per heavy atom. The zero-order valence-corrected chi connectivity index (χ0v) is 7.79. The fraction of sp³-hybridized carbons (Fsp3) is 0.300. The van der Waals surface area contributed by atoms with Gasteiger partial charge in [-0.05, 0) is 11.6 Å². The van der Waals surface area contributed by atoms with E-state index in [2.05, 4.69) is 5.32 Å². The van der Waals surface area contributed by atoms with Gasteiger partial charge in [-0.3, -0.25) is 4.79 Å². The molecule has 2 rings (SSSR count). The molecule has 0 aliphatic carbocycles. The first kappa shape index (κ1) is 8.10. The first-order chi connectivity index (χ1) is 6.20. The van der Waals surface area contributed by atoms with Gasteiger partial charge in [0.15, 0.2) is 0 Å². The summed E-state index contributed by atoms with van der Waals surface area (Å²) >= 11 is 0. The zero-order valence-electron chi connectivity index (χ0n) is 7.79. The van der Waals surface area contributed by atoms with Gasteiger partial charge < -0.3 is 10.2 Å². The van der Waals surface area contributed by atoms with Gasteiger partial charge in [0.05, 0.1) is 5.56 Å². The molecule has 0 radical (unpaired) electrons. The van der Waals surface area contributed by atoms with Gasteiger partial charge in [0.1, 0.15) is 0 Å². The average Bonchev–Trinajstić information content (AvgIpc) is 2.48. The number of anilines is 1. The molecule has 3 nitrogen and oxygen atoms in total. The van der Waals surface area contributed by atoms with Crippen molar-refractivity contribution in [1.29, 1.82) is 0 Å². The number of rotatable bonds is 1. The number of nitrogens with one attached hydrogen (secondary N) is 1. The molecule has 0 fully saturated rings. The Morgan fingerprint density at radius 1 is 1.38 bits per heavy atom. The Hall–Kier alpha value is -1.51. The number of carbonyl (C=O) groups excluding carboxylic acids is 1. The van der Waals surface area contributed by atoms with Crippen molar-refractivity contribution >= 4 is 11.6 Å². The van der Waals surface area contributed by atoms with E-state index in [1.807, 2.05) is 37.2 Å². The number of nitrogens with zero attached hydrogens (tertiary/aromatic N) is 1. The Labute approximate surface area is 77.4 Å². The minimum absolute atomic E-state index is 0.0410. The van der Waals surface area contributed by atoms with Crippen LogP contribution in [0.5, 0.6) is 0 Å². The molecule has 0 saturated heterocycles. The number of hydrogen-bond donors (Lipinski definition) is 1. The quantitative estimate of drug-likeness (QED) is 0.692. The van der Waals surface area contributed by atoms with Gasteiger partial charge >= 0.3 is 0 Å². The third kappa shape index (κ3) is 1.16. The number of amides is 1. The second-order valence-corrected chi connectivity index (χ2v) is 3.39. The summed E-state index contributed by atoms with van der Waals surface area (Å²) < 4.78 is 0. The van der Waals surface area contributed by atoms with E-state index in [4.69, 9.17) is 0 Å². The SMILES string of the molecule is CN(C)c1cccc2c1C(=O)NC2. The zero-order chi connectivity index (χ0) is 9.42. The molecule has 0 spiro atoms. The predicted molar refractivity (Wildman–Crippen MR) is 51.9 cm³/mol. The smallest absolute Gasteiger partial charge is 0.254 e. The van der Waals surface area contributed by atoms with Crippen LogP contribution in [0.25, 0.3) is 0 Å². The van der Waals surface area contributed by atoms with Crippen LogP contribution < -0.4 is 10.2 Å². The van der Waals surface area contributed by atoms with Gasteiger partial charge in [-0.15, -0.1) is 0 Å². The molecule has 13 heavy (non-hydrogen) atoms. The molecule has 1 aliphatic rings. The van der Waals surface area contributed by atoms with E-state index in [9.17, 15) is 4.79 Å². The average molecular weight is 176 g/mol. The summed E-state index contributed by atoms with van der Waals surface area (Å²) in [6.07, 6.45) is 0. The lowest BCUT2D eigenvalue weighted by molar-refractivity contribution is 0.0966. The van der Waals surface area contributed by atoms with Crippen LogP contribution in [0.2, 0.25) is 0 Å². The van der Waals surface area contributed by atoms with Crippen LogP contribution in [0.15, 0.2) is 18.2 Å². The lowest BCUT2D eigenvalue weighted by atomic mass is 10.1. The van der Waals surface area contributed by atoms with E-state index < -0.39 is 0 Å². The molecule has 0 aromatic heterocycles. The van der Waals surface area contributed by atoms with Crippen molar-refractivity contribution in [3.8, 4) is 0 Å². The minimum Gasteiger partial charge on any atom is -0.377 e. The van der Waals surface area contributed by atoms with E-state index in [1.54, 1.807) is 0 Å². The molecule has 1 amide bonds. The van der Waals surface area contributed by atoms with Crippen molar-refractivity contribution in [2.24, 2.45) is 0 Å². The number of hydrogen-bond acceptors (Lipinski definition) is 2. The predicted octanol–water partition coefficient (Wildman–Crippen LogP) is 0.996. The third-order valence-electron chi connectivity index (χ3n) is 2.28. The van der Waals surface area contributed by atoms with Crippen molar-refractivity contribution in [3.05, 3.63) is 29.3 Å². The fourth-order valence-electron chi connectivity index (χ4n) is 1.63. The highest BCUT2D eigenvalue weighted by molar-refractivity contribution is 6.03. The molecule has 1 aromatic carbocycles. The summed E-state index contributed by atoms with van der Waals surface area (Å²) in [5.41, 5.74) is 2.91. The summed E-state index contributed by atoms with van der Waals surface area (Å²) in [5.74, 6) is 0.0410. The minimum atomic E-state index is 0.0410. The molecule has 1 heterocycles. The van der Waals surface area contributed by atoms with E-state index >= 15 is 0 Å². The van der Waals surface area contributed by atoms with Crippen LogP contribution in [0.3, 0.4) is 0 Å². The molecule has 0 saturated carbocycles. The Bertz CT molecular complexity index is 358. The van der Waals surface area contributed by atoms with Crippen LogP contribution in [-0.4, -0.2) is 20.0 Å².